The van der Waals surface area contributed by atoms with Crippen molar-refractivity contribution in [2.45, 2.75) is 72.8 Å². The molecule has 0 radical (unpaired) electrons. The molecule has 1 saturated heterocycles. The fourth-order valence-electron chi connectivity index (χ4n) is 2.76. The smallest absolute Gasteiger partial charge is 0.410 e. The molecule has 3 nitrogen and oxygen atoms in total. The van der Waals surface area contributed by atoms with Crippen molar-refractivity contribution >= 4 is 6.09 Å². The van der Waals surface area contributed by atoms with E-state index in [1.54, 1.807) is 0 Å². The zero-order chi connectivity index (χ0) is 17.5. The number of nitrogens with zero attached hydrogens (tertiary/aromatic N) is 1. The van der Waals surface area contributed by atoms with Gasteiger partial charge in [-0.2, -0.15) is 0 Å². The van der Waals surface area contributed by atoms with E-state index in [4.69, 9.17) is 4.74 Å². The van der Waals surface area contributed by atoms with Gasteiger partial charge in [0.15, 0.2) is 0 Å². The molecule has 130 valence electrons. The molecule has 1 fully saturated rings. The van der Waals surface area contributed by atoms with Crippen molar-refractivity contribution in [2.24, 2.45) is 0 Å². The predicted octanol–water partition coefficient (Wildman–Crippen LogP) is 5.64. The lowest BCUT2D eigenvalue weighted by molar-refractivity contribution is 0.0236. The van der Waals surface area contributed by atoms with E-state index in [1.807, 2.05) is 39.5 Å². The number of hydrogen-bond donors (Lipinski definition) is 0. The van der Waals surface area contributed by atoms with Gasteiger partial charge in [0.05, 0.1) is 0 Å². The lowest BCUT2D eigenvalue weighted by Gasteiger charge is -2.31. The first-order chi connectivity index (χ1) is 10.9. The lowest BCUT2D eigenvalue weighted by atomic mass is 9.92. The molecular weight excluding hydrogens is 286 g/mol. The van der Waals surface area contributed by atoms with Gasteiger partial charge in [0.25, 0.3) is 0 Å². The minimum Gasteiger partial charge on any atom is -0.444 e. The Balaban J connectivity index is 0.00000127. The SMILES string of the molecule is CC.CC(C1=CCCC=C1)=C1CCN(C(=O)OC(C)(C)C)CC1. The van der Waals surface area contributed by atoms with Gasteiger partial charge in [-0.25, -0.2) is 4.79 Å². The lowest BCUT2D eigenvalue weighted by Crippen LogP contribution is -2.40. The first-order valence-electron chi connectivity index (χ1n) is 8.90. The van der Waals surface area contributed by atoms with Crippen LogP contribution in [0.3, 0.4) is 0 Å². The summed E-state index contributed by atoms with van der Waals surface area (Å²) in [5.74, 6) is 0. The van der Waals surface area contributed by atoms with Crippen LogP contribution in [-0.4, -0.2) is 29.7 Å². The second-order valence-corrected chi connectivity index (χ2v) is 6.84. The largest absolute Gasteiger partial charge is 0.444 e. The normalized spacial score (nSPS) is 17.9. The van der Waals surface area contributed by atoms with Crippen LogP contribution in [-0.2, 0) is 4.74 Å². The molecule has 0 aromatic carbocycles. The van der Waals surface area contributed by atoms with Crippen LogP contribution in [0.2, 0.25) is 0 Å². The van der Waals surface area contributed by atoms with Gasteiger partial charge in [0, 0.05) is 13.1 Å². The molecule has 1 aliphatic heterocycles. The Bertz CT molecular complexity index is 482. The Hall–Kier alpha value is -1.51. The first kappa shape index (κ1) is 19.5. The third-order valence-corrected chi connectivity index (χ3v) is 3.98. The molecule has 1 heterocycles. The van der Waals surface area contributed by atoms with Crippen LogP contribution in [0.25, 0.3) is 0 Å². The maximum atomic E-state index is 12.1. The molecular formula is C20H33NO2. The summed E-state index contributed by atoms with van der Waals surface area (Å²) in [6, 6.07) is 0. The molecule has 0 aromatic heterocycles. The molecule has 1 aliphatic carbocycles. The highest BCUT2D eigenvalue weighted by atomic mass is 16.6. The molecule has 0 spiro atoms. The van der Waals surface area contributed by atoms with Crippen LogP contribution in [0.1, 0.15) is 67.2 Å². The molecule has 0 unspecified atom stereocenters. The number of likely N-dealkylation sites (tertiary alicyclic amines) is 1. The molecule has 2 aliphatic rings. The van der Waals surface area contributed by atoms with Crippen molar-refractivity contribution in [1.82, 2.24) is 4.90 Å². The average Bonchev–Trinajstić information content (AvgIpc) is 2.55. The highest BCUT2D eigenvalue weighted by Gasteiger charge is 2.25. The van der Waals surface area contributed by atoms with Gasteiger partial charge >= 0.3 is 6.09 Å². The highest BCUT2D eigenvalue weighted by Crippen LogP contribution is 2.27. The standard InChI is InChI=1S/C18H27NO2.C2H6/c1-14(15-8-6-5-7-9-15)16-10-12-19(13-11-16)17(20)21-18(2,3)4;1-2/h6,8-9H,5,7,10-13H2,1-4H3;1-2H3. The van der Waals surface area contributed by atoms with E-state index in [2.05, 4.69) is 25.2 Å². The summed E-state index contributed by atoms with van der Waals surface area (Å²) in [5, 5.41) is 0. The van der Waals surface area contributed by atoms with Crippen molar-refractivity contribution in [1.29, 1.82) is 0 Å². The number of carbonyl (C=O) groups excluding carboxylic acids is 1. The number of allylic oxidation sites excluding steroid dienone is 5. The van der Waals surface area contributed by atoms with Crippen molar-refractivity contribution in [2.75, 3.05) is 13.1 Å². The van der Waals surface area contributed by atoms with Gasteiger partial charge in [0.2, 0.25) is 0 Å². The van der Waals surface area contributed by atoms with Gasteiger partial charge in [-0.05, 0) is 64.5 Å². The Labute approximate surface area is 142 Å². The van der Waals surface area contributed by atoms with Gasteiger partial charge < -0.3 is 9.64 Å². The molecule has 23 heavy (non-hydrogen) atoms. The molecule has 1 amide bonds. The summed E-state index contributed by atoms with van der Waals surface area (Å²) in [5.41, 5.74) is 3.82. The third-order valence-electron chi connectivity index (χ3n) is 3.98. The number of carbonyl (C=O) groups is 1. The van der Waals surface area contributed by atoms with E-state index >= 15 is 0 Å². The van der Waals surface area contributed by atoms with Crippen LogP contribution in [0.4, 0.5) is 4.79 Å². The van der Waals surface area contributed by atoms with Crippen molar-refractivity contribution in [3.63, 3.8) is 0 Å². The molecule has 0 atom stereocenters. The predicted molar refractivity (Wildman–Crippen MR) is 97.5 cm³/mol. The van der Waals surface area contributed by atoms with Crippen LogP contribution in [0.5, 0.6) is 0 Å². The fraction of sp³-hybridized carbons (Fsp3) is 0.650. The Morgan fingerprint density at radius 1 is 1.13 bits per heavy atom. The second-order valence-electron chi connectivity index (χ2n) is 6.84. The monoisotopic (exact) mass is 319 g/mol. The maximum absolute atomic E-state index is 12.1. The number of rotatable bonds is 1. The van der Waals surface area contributed by atoms with Gasteiger partial charge in [-0.15, -0.1) is 0 Å². The Morgan fingerprint density at radius 3 is 2.22 bits per heavy atom. The number of piperidine rings is 1. The van der Waals surface area contributed by atoms with E-state index < -0.39 is 5.60 Å². The highest BCUT2D eigenvalue weighted by molar-refractivity contribution is 5.68. The van der Waals surface area contributed by atoms with E-state index in [1.165, 1.54) is 16.7 Å². The topological polar surface area (TPSA) is 29.5 Å². The first-order valence-corrected chi connectivity index (χ1v) is 8.90. The van der Waals surface area contributed by atoms with Crippen LogP contribution in [0, 0.1) is 0 Å². The van der Waals surface area contributed by atoms with Crippen LogP contribution in [0.15, 0.2) is 34.9 Å². The summed E-state index contributed by atoms with van der Waals surface area (Å²) < 4.78 is 5.44. The molecule has 2 rings (SSSR count). The zero-order valence-electron chi connectivity index (χ0n) is 15.7. The minimum atomic E-state index is -0.416. The van der Waals surface area contributed by atoms with Crippen molar-refractivity contribution in [3.05, 3.63) is 34.9 Å². The zero-order valence-corrected chi connectivity index (χ0v) is 15.7. The summed E-state index contributed by atoms with van der Waals surface area (Å²) >= 11 is 0. The molecule has 0 bridgehead atoms. The maximum Gasteiger partial charge on any atom is 0.410 e. The summed E-state index contributed by atoms with van der Waals surface area (Å²) in [4.78, 5) is 13.9. The van der Waals surface area contributed by atoms with Gasteiger partial charge in [0.1, 0.15) is 5.60 Å². The van der Waals surface area contributed by atoms with Crippen LogP contribution >= 0.6 is 0 Å². The van der Waals surface area contributed by atoms with Crippen molar-refractivity contribution in [3.8, 4) is 0 Å². The molecule has 0 saturated carbocycles. The van der Waals surface area contributed by atoms with E-state index in [9.17, 15) is 4.79 Å². The third kappa shape index (κ3) is 6.25. The van der Waals surface area contributed by atoms with Gasteiger partial charge in [-0.3, -0.25) is 0 Å². The molecule has 0 aromatic rings. The number of amides is 1. The average molecular weight is 319 g/mol. The fourth-order valence-corrected chi connectivity index (χ4v) is 2.76. The molecule has 3 heteroatoms. The van der Waals surface area contributed by atoms with Crippen LogP contribution < -0.4 is 0 Å². The molecule has 0 N–H and O–H groups in total. The van der Waals surface area contributed by atoms with E-state index in [-0.39, 0.29) is 6.09 Å². The summed E-state index contributed by atoms with van der Waals surface area (Å²) in [6.45, 7) is 13.5. The quantitative estimate of drug-likeness (QED) is 0.626. The number of hydrogen-bond acceptors (Lipinski definition) is 2. The number of ether oxygens (including phenoxy) is 1. The second kappa shape index (κ2) is 8.95. The Kier molecular flexibility index (Phi) is 7.60. The minimum absolute atomic E-state index is 0.184. The Morgan fingerprint density at radius 2 is 1.74 bits per heavy atom. The summed E-state index contributed by atoms with van der Waals surface area (Å²) in [7, 11) is 0. The van der Waals surface area contributed by atoms with Crippen molar-refractivity contribution < 1.29 is 9.53 Å². The van der Waals surface area contributed by atoms with E-state index in [0.717, 1.165) is 38.8 Å². The summed E-state index contributed by atoms with van der Waals surface area (Å²) in [6.07, 6.45) is 10.8. The van der Waals surface area contributed by atoms with E-state index in [0.29, 0.717) is 0 Å². The van der Waals surface area contributed by atoms with Gasteiger partial charge in [-0.1, -0.05) is 37.6 Å².